The van der Waals surface area contributed by atoms with E-state index in [0.29, 0.717) is 41.1 Å². The van der Waals surface area contributed by atoms with Gasteiger partial charge in [-0.15, -0.1) is 0 Å². The Morgan fingerprint density at radius 3 is 2.69 bits per heavy atom. The Morgan fingerprint density at radius 2 is 2.03 bits per heavy atom. The Kier molecular flexibility index (Phi) is 9.15. The van der Waals surface area contributed by atoms with Crippen molar-refractivity contribution in [1.82, 2.24) is 25.1 Å². The van der Waals surface area contributed by atoms with E-state index in [4.69, 9.17) is 4.74 Å². The molecular formula is C23H32FN7O4. The van der Waals surface area contributed by atoms with Crippen LogP contribution in [0.25, 0.3) is 11.0 Å². The maximum atomic E-state index is 14.4. The van der Waals surface area contributed by atoms with Gasteiger partial charge in [0.2, 0.25) is 5.95 Å². The van der Waals surface area contributed by atoms with Crippen LogP contribution in [0, 0.1) is 5.82 Å². The third kappa shape index (κ3) is 6.34. The average molecular weight is 490 g/mol. The van der Waals surface area contributed by atoms with E-state index < -0.39 is 6.09 Å². The molecule has 0 aliphatic rings. The molecule has 190 valence electrons. The molecule has 0 radical (unpaired) electrons. The van der Waals surface area contributed by atoms with Gasteiger partial charge in [0.1, 0.15) is 22.6 Å². The summed E-state index contributed by atoms with van der Waals surface area (Å²) in [7, 11) is 4.49. The van der Waals surface area contributed by atoms with Crippen LogP contribution in [-0.2, 0) is 17.8 Å². The first-order valence-electron chi connectivity index (χ1n) is 11.4. The molecule has 0 unspecified atom stereocenters. The molecule has 12 heteroatoms. The first-order chi connectivity index (χ1) is 16.9. The second kappa shape index (κ2) is 12.3. The highest BCUT2D eigenvalue weighted by molar-refractivity contribution is 5.89. The monoisotopic (exact) mass is 489 g/mol. The highest BCUT2D eigenvalue weighted by Crippen LogP contribution is 2.28. The Bertz CT molecular complexity index is 1150. The molecule has 0 spiro atoms. The Hall–Kier alpha value is -3.51. The lowest BCUT2D eigenvalue weighted by Gasteiger charge is -2.19. The maximum absolute atomic E-state index is 14.4. The summed E-state index contributed by atoms with van der Waals surface area (Å²) in [6, 6.07) is 3.05. The van der Waals surface area contributed by atoms with Crippen LogP contribution in [0.2, 0.25) is 0 Å². The van der Waals surface area contributed by atoms with Crippen molar-refractivity contribution in [3.8, 4) is 5.75 Å². The number of hydrogen-bond donors (Lipinski definition) is 4. The molecule has 11 nitrogen and oxygen atoms in total. The number of carbonyl (C=O) groups excluding carboxylic acids is 1. The Labute approximate surface area is 203 Å². The first-order valence-corrected chi connectivity index (χ1v) is 11.4. The summed E-state index contributed by atoms with van der Waals surface area (Å²) in [5.41, 5.74) is 2.32. The van der Waals surface area contributed by atoms with Crippen molar-refractivity contribution in [2.45, 2.75) is 45.3 Å². The van der Waals surface area contributed by atoms with Crippen LogP contribution in [0.15, 0.2) is 18.3 Å². The number of carbonyl (C=O) groups is 1. The molecular weight excluding hydrogens is 457 g/mol. The van der Waals surface area contributed by atoms with E-state index in [2.05, 4.69) is 42.7 Å². The molecule has 1 atom stereocenters. The Balaban J connectivity index is 2.08. The van der Waals surface area contributed by atoms with Gasteiger partial charge in [0.05, 0.1) is 27.0 Å². The lowest BCUT2D eigenvalue weighted by atomic mass is 10.1. The quantitative estimate of drug-likeness (QED) is 0.303. The fourth-order valence-electron chi connectivity index (χ4n) is 3.86. The number of aromatic nitrogens is 4. The number of hydrogen-bond acceptors (Lipinski definition) is 9. The molecule has 35 heavy (non-hydrogen) atoms. The van der Waals surface area contributed by atoms with Crippen LogP contribution in [0.5, 0.6) is 5.75 Å². The number of nitrogens with zero attached hydrogens (tertiary/aromatic N) is 4. The van der Waals surface area contributed by atoms with E-state index in [1.807, 2.05) is 0 Å². The van der Waals surface area contributed by atoms with Gasteiger partial charge in [-0.1, -0.05) is 13.3 Å². The molecule has 0 fully saturated rings. The molecule has 1 amide bonds. The van der Waals surface area contributed by atoms with Gasteiger partial charge in [-0.2, -0.15) is 10.1 Å². The normalized spacial score (nSPS) is 11.9. The SMILES string of the molecule is CCC[C@@H](CCO)Nc1nc(NC(=O)OC)nc2cnn(Cc3cc(CNC)c(F)cc3OC)c12. The number of aliphatic hydroxyl groups excluding tert-OH is 1. The summed E-state index contributed by atoms with van der Waals surface area (Å²) in [5, 5.41) is 22.8. The molecule has 2 aromatic heterocycles. The minimum Gasteiger partial charge on any atom is -0.496 e. The standard InChI is InChI=1S/C23H32FN7O4/c1-5-6-16(7-8-32)27-21-20-18(28-22(29-21)30-23(33)35-4)12-26-31(20)13-15-9-14(11-25-2)17(24)10-19(15)34-3/h9-10,12,16,25,32H,5-8,11,13H2,1-4H3,(H2,27,28,29,30,33)/t16-/m0/s1. The van der Waals surface area contributed by atoms with Gasteiger partial charge in [0.25, 0.3) is 0 Å². The third-order valence-corrected chi connectivity index (χ3v) is 5.48. The summed E-state index contributed by atoms with van der Waals surface area (Å²) < 4.78 is 26.2. The van der Waals surface area contributed by atoms with Crippen molar-refractivity contribution in [3.63, 3.8) is 0 Å². The number of anilines is 2. The molecule has 0 aliphatic carbocycles. The number of nitrogens with one attached hydrogen (secondary N) is 3. The van der Waals surface area contributed by atoms with Gasteiger partial charge >= 0.3 is 6.09 Å². The lowest BCUT2D eigenvalue weighted by Crippen LogP contribution is -2.23. The average Bonchev–Trinajstić information content (AvgIpc) is 3.24. The van der Waals surface area contributed by atoms with E-state index in [0.717, 1.165) is 18.4 Å². The van der Waals surface area contributed by atoms with Crippen LogP contribution >= 0.6 is 0 Å². The smallest absolute Gasteiger partial charge is 0.413 e. The van der Waals surface area contributed by atoms with Gasteiger partial charge in [0, 0.05) is 36.4 Å². The zero-order valence-corrected chi connectivity index (χ0v) is 20.4. The fraction of sp³-hybridized carbons (Fsp3) is 0.478. The number of benzene rings is 1. The van der Waals surface area contributed by atoms with E-state index in [9.17, 15) is 14.3 Å². The first kappa shape index (κ1) is 26.1. The molecule has 0 saturated heterocycles. The van der Waals surface area contributed by atoms with E-state index in [1.165, 1.54) is 20.3 Å². The fourth-order valence-corrected chi connectivity index (χ4v) is 3.86. The minimum absolute atomic E-state index is 0.0133. The molecule has 0 saturated carbocycles. The van der Waals surface area contributed by atoms with E-state index >= 15 is 0 Å². The summed E-state index contributed by atoms with van der Waals surface area (Å²) in [5.74, 6) is 0.541. The van der Waals surface area contributed by atoms with Crippen LogP contribution in [0.3, 0.4) is 0 Å². The van der Waals surface area contributed by atoms with Crippen molar-refractivity contribution in [1.29, 1.82) is 0 Å². The largest absolute Gasteiger partial charge is 0.496 e. The topological polar surface area (TPSA) is 135 Å². The summed E-state index contributed by atoms with van der Waals surface area (Å²) in [6.45, 7) is 2.70. The number of methoxy groups -OCH3 is 2. The van der Waals surface area contributed by atoms with E-state index in [-0.39, 0.29) is 31.0 Å². The van der Waals surface area contributed by atoms with Gasteiger partial charge in [-0.25, -0.2) is 14.2 Å². The molecule has 1 aromatic carbocycles. The number of fused-ring (bicyclic) bond motifs is 1. The predicted octanol–water partition coefficient (Wildman–Crippen LogP) is 2.88. The minimum atomic E-state index is -0.698. The van der Waals surface area contributed by atoms with Crippen LogP contribution in [0.4, 0.5) is 21.0 Å². The summed E-state index contributed by atoms with van der Waals surface area (Å²) in [6.07, 6.45) is 3.09. The van der Waals surface area contributed by atoms with Crippen LogP contribution in [-0.4, -0.2) is 64.9 Å². The zero-order chi connectivity index (χ0) is 25.4. The number of halogens is 1. The van der Waals surface area contributed by atoms with Crippen molar-refractivity contribution >= 4 is 28.9 Å². The van der Waals surface area contributed by atoms with Crippen molar-refractivity contribution in [2.75, 3.05) is 38.5 Å². The second-order valence-electron chi connectivity index (χ2n) is 7.98. The number of rotatable bonds is 12. The lowest BCUT2D eigenvalue weighted by molar-refractivity contribution is 0.186. The Morgan fingerprint density at radius 1 is 1.23 bits per heavy atom. The molecule has 2 heterocycles. The third-order valence-electron chi connectivity index (χ3n) is 5.48. The molecule has 0 bridgehead atoms. The van der Waals surface area contributed by atoms with Gasteiger partial charge in [-0.05, 0) is 26.0 Å². The maximum Gasteiger partial charge on any atom is 0.413 e. The van der Waals surface area contributed by atoms with Crippen molar-refractivity contribution < 1.29 is 23.8 Å². The van der Waals surface area contributed by atoms with Crippen LogP contribution < -0.4 is 20.7 Å². The molecule has 3 aromatic rings. The number of amides is 1. The van der Waals surface area contributed by atoms with Crippen molar-refractivity contribution in [3.05, 3.63) is 35.3 Å². The number of ether oxygens (including phenoxy) is 2. The van der Waals surface area contributed by atoms with Gasteiger partial charge in [-0.3, -0.25) is 10.00 Å². The highest BCUT2D eigenvalue weighted by Gasteiger charge is 2.20. The summed E-state index contributed by atoms with van der Waals surface area (Å²) in [4.78, 5) is 20.6. The van der Waals surface area contributed by atoms with Gasteiger partial charge < -0.3 is 25.2 Å². The molecule has 0 aliphatic heterocycles. The predicted molar refractivity (Wildman–Crippen MR) is 130 cm³/mol. The second-order valence-corrected chi connectivity index (χ2v) is 7.98. The number of aliphatic hydroxyl groups is 1. The summed E-state index contributed by atoms with van der Waals surface area (Å²) >= 11 is 0. The van der Waals surface area contributed by atoms with Crippen molar-refractivity contribution in [2.24, 2.45) is 0 Å². The zero-order valence-electron chi connectivity index (χ0n) is 20.4. The van der Waals surface area contributed by atoms with Gasteiger partial charge in [0.15, 0.2) is 5.82 Å². The van der Waals surface area contributed by atoms with Crippen LogP contribution in [0.1, 0.15) is 37.3 Å². The van der Waals surface area contributed by atoms with E-state index in [1.54, 1.807) is 24.0 Å². The highest BCUT2D eigenvalue weighted by atomic mass is 19.1. The molecule has 4 N–H and O–H groups in total. The molecule has 3 rings (SSSR count).